The second-order valence-electron chi connectivity index (χ2n) is 4.71. The topological polar surface area (TPSA) is 63.6 Å². The third kappa shape index (κ3) is 2.16. The first-order valence-corrected chi connectivity index (χ1v) is 6.26. The molecular weight excluding hydrogens is 256 g/mol. The molecule has 4 heteroatoms. The number of carboxylic acids is 1. The SMILES string of the molecule is O=C(O)Cc1ccc2c(c1)[C@@H](c1ccccc1)C(=O)O2. The molecule has 0 unspecified atom stereocenters. The Bertz CT molecular complexity index is 676. The highest BCUT2D eigenvalue weighted by molar-refractivity contribution is 5.89. The quantitative estimate of drug-likeness (QED) is 0.685. The first-order chi connectivity index (χ1) is 9.65. The molecule has 1 heterocycles. The fraction of sp³-hybridized carbons (Fsp3) is 0.125. The van der Waals surface area contributed by atoms with Crippen LogP contribution < -0.4 is 4.74 Å². The number of rotatable bonds is 3. The molecule has 0 saturated carbocycles. The van der Waals surface area contributed by atoms with Gasteiger partial charge in [-0.1, -0.05) is 42.5 Å². The number of hydrogen-bond acceptors (Lipinski definition) is 3. The van der Waals surface area contributed by atoms with E-state index in [4.69, 9.17) is 9.84 Å². The average molecular weight is 268 g/mol. The van der Waals surface area contributed by atoms with Crippen molar-refractivity contribution in [1.82, 2.24) is 0 Å². The monoisotopic (exact) mass is 268 g/mol. The summed E-state index contributed by atoms with van der Waals surface area (Å²) in [6.07, 6.45) is -0.0665. The Labute approximate surface area is 115 Å². The van der Waals surface area contributed by atoms with E-state index in [-0.39, 0.29) is 12.4 Å². The van der Waals surface area contributed by atoms with Crippen LogP contribution in [-0.4, -0.2) is 17.0 Å². The van der Waals surface area contributed by atoms with Crippen LogP contribution in [-0.2, 0) is 16.0 Å². The van der Waals surface area contributed by atoms with Gasteiger partial charge in [0.25, 0.3) is 0 Å². The van der Waals surface area contributed by atoms with E-state index >= 15 is 0 Å². The molecule has 3 rings (SSSR count). The summed E-state index contributed by atoms with van der Waals surface area (Å²) in [5.41, 5.74) is 2.25. The van der Waals surface area contributed by atoms with Crippen LogP contribution in [0.5, 0.6) is 5.75 Å². The number of ether oxygens (including phenoxy) is 1. The largest absolute Gasteiger partial charge is 0.481 e. The van der Waals surface area contributed by atoms with Gasteiger partial charge in [-0.15, -0.1) is 0 Å². The average Bonchev–Trinajstić information content (AvgIpc) is 2.74. The van der Waals surface area contributed by atoms with Crippen LogP contribution >= 0.6 is 0 Å². The molecule has 0 fully saturated rings. The van der Waals surface area contributed by atoms with Gasteiger partial charge in [-0.2, -0.15) is 0 Å². The zero-order valence-electron chi connectivity index (χ0n) is 10.6. The van der Waals surface area contributed by atoms with Gasteiger partial charge in [-0.3, -0.25) is 9.59 Å². The van der Waals surface area contributed by atoms with Gasteiger partial charge in [-0.05, 0) is 17.2 Å². The number of fused-ring (bicyclic) bond motifs is 1. The van der Waals surface area contributed by atoms with Crippen LogP contribution in [0.4, 0.5) is 0 Å². The maximum atomic E-state index is 12.0. The van der Waals surface area contributed by atoms with Crippen molar-refractivity contribution in [2.24, 2.45) is 0 Å². The summed E-state index contributed by atoms with van der Waals surface area (Å²) in [5.74, 6) is -1.18. The zero-order valence-corrected chi connectivity index (χ0v) is 10.6. The van der Waals surface area contributed by atoms with Crippen molar-refractivity contribution in [1.29, 1.82) is 0 Å². The molecule has 0 aliphatic carbocycles. The summed E-state index contributed by atoms with van der Waals surface area (Å²) in [7, 11) is 0. The lowest BCUT2D eigenvalue weighted by Crippen LogP contribution is -2.11. The molecule has 100 valence electrons. The van der Waals surface area contributed by atoms with Crippen molar-refractivity contribution < 1.29 is 19.4 Å². The van der Waals surface area contributed by atoms with E-state index in [1.165, 1.54) is 0 Å². The zero-order chi connectivity index (χ0) is 14.1. The van der Waals surface area contributed by atoms with Crippen LogP contribution in [0, 0.1) is 0 Å². The van der Waals surface area contributed by atoms with Crippen molar-refractivity contribution in [3.63, 3.8) is 0 Å². The van der Waals surface area contributed by atoms with E-state index in [1.54, 1.807) is 18.2 Å². The van der Waals surface area contributed by atoms with Gasteiger partial charge < -0.3 is 9.84 Å². The van der Waals surface area contributed by atoms with Crippen LogP contribution in [0.3, 0.4) is 0 Å². The number of carbonyl (C=O) groups excluding carboxylic acids is 1. The number of carbonyl (C=O) groups is 2. The second-order valence-corrected chi connectivity index (χ2v) is 4.71. The number of aliphatic carboxylic acids is 1. The van der Waals surface area contributed by atoms with Crippen LogP contribution in [0.1, 0.15) is 22.6 Å². The Morgan fingerprint density at radius 3 is 2.60 bits per heavy atom. The van der Waals surface area contributed by atoms with Gasteiger partial charge in [-0.25, -0.2) is 0 Å². The number of hydrogen-bond donors (Lipinski definition) is 1. The number of esters is 1. The highest BCUT2D eigenvalue weighted by Gasteiger charge is 2.34. The Hall–Kier alpha value is -2.62. The minimum Gasteiger partial charge on any atom is -0.481 e. The summed E-state index contributed by atoms with van der Waals surface area (Å²) in [6, 6.07) is 14.4. The fourth-order valence-corrected chi connectivity index (χ4v) is 2.46. The van der Waals surface area contributed by atoms with Crippen LogP contribution in [0.15, 0.2) is 48.5 Å². The predicted molar refractivity (Wildman–Crippen MR) is 71.7 cm³/mol. The predicted octanol–water partition coefficient (Wildman–Crippen LogP) is 2.36. The van der Waals surface area contributed by atoms with Crippen molar-refractivity contribution >= 4 is 11.9 Å². The van der Waals surface area contributed by atoms with E-state index in [9.17, 15) is 9.59 Å². The second kappa shape index (κ2) is 4.81. The van der Waals surface area contributed by atoms with E-state index in [0.29, 0.717) is 11.3 Å². The minimum absolute atomic E-state index is 0.0665. The first-order valence-electron chi connectivity index (χ1n) is 6.26. The Kier molecular flexibility index (Phi) is 2.99. The fourth-order valence-electron chi connectivity index (χ4n) is 2.46. The molecule has 1 atom stereocenters. The van der Waals surface area contributed by atoms with E-state index < -0.39 is 11.9 Å². The molecule has 0 saturated heterocycles. The number of carboxylic acid groups (broad SMARTS) is 1. The molecule has 0 spiro atoms. The van der Waals surface area contributed by atoms with E-state index in [2.05, 4.69) is 0 Å². The van der Waals surface area contributed by atoms with Crippen molar-refractivity contribution in [3.8, 4) is 5.75 Å². The maximum absolute atomic E-state index is 12.0. The van der Waals surface area contributed by atoms with Gasteiger partial charge in [0.1, 0.15) is 11.7 Å². The summed E-state index contributed by atoms with van der Waals surface area (Å²) in [6.45, 7) is 0. The highest BCUT2D eigenvalue weighted by atomic mass is 16.5. The lowest BCUT2D eigenvalue weighted by atomic mass is 9.91. The smallest absolute Gasteiger partial charge is 0.323 e. The molecule has 0 amide bonds. The Morgan fingerprint density at radius 1 is 1.15 bits per heavy atom. The highest BCUT2D eigenvalue weighted by Crippen LogP contribution is 2.39. The Morgan fingerprint density at radius 2 is 1.90 bits per heavy atom. The molecule has 1 aliphatic heterocycles. The van der Waals surface area contributed by atoms with Crippen LogP contribution in [0.2, 0.25) is 0 Å². The molecule has 4 nitrogen and oxygen atoms in total. The summed E-state index contributed by atoms with van der Waals surface area (Å²) in [4.78, 5) is 22.8. The van der Waals surface area contributed by atoms with Crippen molar-refractivity contribution in [2.75, 3.05) is 0 Å². The van der Waals surface area contributed by atoms with Crippen molar-refractivity contribution in [3.05, 3.63) is 65.2 Å². The first kappa shape index (κ1) is 12.4. The molecule has 2 aromatic rings. The van der Waals surface area contributed by atoms with Crippen molar-refractivity contribution in [2.45, 2.75) is 12.3 Å². The number of benzene rings is 2. The van der Waals surface area contributed by atoms with E-state index in [1.807, 2.05) is 30.3 Å². The van der Waals surface area contributed by atoms with Gasteiger partial charge in [0.05, 0.1) is 6.42 Å². The van der Waals surface area contributed by atoms with Gasteiger partial charge in [0.15, 0.2) is 0 Å². The molecule has 0 bridgehead atoms. The molecule has 1 N–H and O–H groups in total. The molecule has 1 aliphatic rings. The molecule has 2 aromatic carbocycles. The lowest BCUT2D eigenvalue weighted by molar-refractivity contribution is -0.136. The molecule has 0 radical (unpaired) electrons. The van der Waals surface area contributed by atoms with Gasteiger partial charge in [0, 0.05) is 5.56 Å². The van der Waals surface area contributed by atoms with Crippen LogP contribution in [0.25, 0.3) is 0 Å². The summed E-state index contributed by atoms with van der Waals surface area (Å²) in [5, 5.41) is 8.85. The standard InChI is InChI=1S/C16H12O4/c17-14(18)9-10-6-7-13-12(8-10)15(16(19)20-13)11-4-2-1-3-5-11/h1-8,15H,9H2,(H,17,18)/t15-/m1/s1. The third-order valence-corrected chi connectivity index (χ3v) is 3.32. The normalized spacial score (nSPS) is 16.6. The summed E-state index contributed by atoms with van der Waals surface area (Å²) < 4.78 is 5.25. The minimum atomic E-state index is -0.897. The Balaban J connectivity index is 2.04. The van der Waals surface area contributed by atoms with Gasteiger partial charge in [0.2, 0.25) is 0 Å². The third-order valence-electron chi connectivity index (χ3n) is 3.32. The van der Waals surface area contributed by atoms with Gasteiger partial charge >= 0.3 is 11.9 Å². The summed E-state index contributed by atoms with van der Waals surface area (Å²) >= 11 is 0. The maximum Gasteiger partial charge on any atom is 0.323 e. The molecule has 20 heavy (non-hydrogen) atoms. The molecular formula is C16H12O4. The van der Waals surface area contributed by atoms with E-state index in [0.717, 1.165) is 11.1 Å². The lowest BCUT2D eigenvalue weighted by Gasteiger charge is -2.08. The molecule has 0 aromatic heterocycles.